The summed E-state index contributed by atoms with van der Waals surface area (Å²) >= 11 is 2.03. The molecule has 0 saturated carbocycles. The number of carbonyl (C=O) groups is 1. The van der Waals surface area contributed by atoms with E-state index in [2.05, 4.69) is 24.1 Å². The molecule has 98 valence electrons. The number of amides is 1. The fraction of sp³-hybridized carbons (Fsp3) is 0.923. The maximum absolute atomic E-state index is 12.2. The molecule has 2 saturated heterocycles. The first-order valence-corrected chi connectivity index (χ1v) is 7.84. The van der Waals surface area contributed by atoms with Gasteiger partial charge in [-0.2, -0.15) is 11.8 Å². The van der Waals surface area contributed by atoms with E-state index in [0.717, 1.165) is 25.4 Å². The van der Waals surface area contributed by atoms with Gasteiger partial charge in [0.1, 0.15) is 0 Å². The van der Waals surface area contributed by atoms with Gasteiger partial charge in [0.25, 0.3) is 0 Å². The minimum atomic E-state index is 0.357. The lowest BCUT2D eigenvalue weighted by Gasteiger charge is -2.35. The highest BCUT2D eigenvalue weighted by molar-refractivity contribution is 8.00. The van der Waals surface area contributed by atoms with E-state index in [4.69, 9.17) is 0 Å². The molecule has 2 fully saturated rings. The van der Waals surface area contributed by atoms with Crippen LogP contribution in [0.4, 0.5) is 0 Å². The number of carbonyl (C=O) groups excluding carboxylic acids is 1. The lowest BCUT2D eigenvalue weighted by Crippen LogP contribution is -2.45. The third kappa shape index (κ3) is 3.62. The molecular weight excluding hydrogens is 232 g/mol. The molecule has 0 aliphatic carbocycles. The van der Waals surface area contributed by atoms with Crippen LogP contribution in [-0.4, -0.2) is 47.5 Å². The summed E-state index contributed by atoms with van der Waals surface area (Å²) < 4.78 is 0. The Kier molecular flexibility index (Phi) is 4.74. The maximum atomic E-state index is 12.2. The smallest absolute Gasteiger partial charge is 0.224 e. The van der Waals surface area contributed by atoms with Crippen LogP contribution in [0.3, 0.4) is 0 Å². The van der Waals surface area contributed by atoms with Crippen molar-refractivity contribution >= 4 is 17.7 Å². The molecule has 4 heteroatoms. The van der Waals surface area contributed by atoms with E-state index >= 15 is 0 Å². The lowest BCUT2D eigenvalue weighted by molar-refractivity contribution is -0.131. The van der Waals surface area contributed by atoms with Gasteiger partial charge in [0, 0.05) is 36.6 Å². The summed E-state index contributed by atoms with van der Waals surface area (Å²) in [6, 6.07) is 0.439. The topological polar surface area (TPSA) is 32.3 Å². The maximum Gasteiger partial charge on any atom is 0.224 e. The Labute approximate surface area is 109 Å². The Balaban J connectivity index is 1.81. The molecule has 17 heavy (non-hydrogen) atoms. The third-order valence-corrected chi connectivity index (χ3v) is 5.31. The predicted octanol–water partition coefficient (Wildman–Crippen LogP) is 1.73. The zero-order valence-corrected chi connectivity index (χ0v) is 11.8. The van der Waals surface area contributed by atoms with Crippen molar-refractivity contribution in [1.82, 2.24) is 10.2 Å². The van der Waals surface area contributed by atoms with Crippen molar-refractivity contribution in [3.05, 3.63) is 0 Å². The monoisotopic (exact) mass is 256 g/mol. The van der Waals surface area contributed by atoms with Crippen LogP contribution >= 0.6 is 11.8 Å². The summed E-state index contributed by atoms with van der Waals surface area (Å²) in [5.74, 6) is 2.13. The molecule has 1 amide bonds. The second kappa shape index (κ2) is 6.10. The highest BCUT2D eigenvalue weighted by Gasteiger charge is 2.27. The molecule has 0 radical (unpaired) electrons. The summed E-state index contributed by atoms with van der Waals surface area (Å²) in [5.41, 5.74) is 0. The summed E-state index contributed by atoms with van der Waals surface area (Å²) in [5, 5.41) is 4.04. The van der Waals surface area contributed by atoms with Crippen molar-refractivity contribution in [2.24, 2.45) is 5.92 Å². The number of nitrogens with zero attached hydrogens (tertiary/aromatic N) is 1. The van der Waals surface area contributed by atoms with Gasteiger partial charge in [0.15, 0.2) is 0 Å². The van der Waals surface area contributed by atoms with Crippen molar-refractivity contribution in [2.75, 3.05) is 25.4 Å². The van der Waals surface area contributed by atoms with Gasteiger partial charge in [0.05, 0.1) is 0 Å². The van der Waals surface area contributed by atoms with Gasteiger partial charge in [-0.1, -0.05) is 13.8 Å². The van der Waals surface area contributed by atoms with Crippen LogP contribution in [0.5, 0.6) is 0 Å². The van der Waals surface area contributed by atoms with Crippen LogP contribution < -0.4 is 5.32 Å². The molecule has 2 rings (SSSR count). The summed E-state index contributed by atoms with van der Waals surface area (Å²) in [4.78, 5) is 14.3. The number of hydrogen-bond donors (Lipinski definition) is 1. The molecule has 1 N–H and O–H groups in total. The molecule has 2 atom stereocenters. The van der Waals surface area contributed by atoms with Crippen molar-refractivity contribution in [3.8, 4) is 0 Å². The van der Waals surface area contributed by atoms with Gasteiger partial charge < -0.3 is 10.2 Å². The Morgan fingerprint density at radius 2 is 2.35 bits per heavy atom. The van der Waals surface area contributed by atoms with E-state index in [0.29, 0.717) is 29.5 Å². The Bertz CT molecular complexity index is 264. The zero-order chi connectivity index (χ0) is 12.3. The Morgan fingerprint density at radius 3 is 3.00 bits per heavy atom. The minimum Gasteiger partial charge on any atom is -0.341 e. The molecule has 2 aliphatic rings. The summed E-state index contributed by atoms with van der Waals surface area (Å²) in [6.07, 6.45) is 3.10. The van der Waals surface area contributed by atoms with E-state index in [1.165, 1.54) is 12.8 Å². The van der Waals surface area contributed by atoms with Crippen molar-refractivity contribution in [1.29, 1.82) is 0 Å². The zero-order valence-electron chi connectivity index (χ0n) is 10.9. The van der Waals surface area contributed by atoms with E-state index in [-0.39, 0.29) is 0 Å². The molecule has 2 unspecified atom stereocenters. The van der Waals surface area contributed by atoms with Gasteiger partial charge in [-0.25, -0.2) is 0 Å². The predicted molar refractivity (Wildman–Crippen MR) is 73.3 cm³/mol. The van der Waals surface area contributed by atoms with E-state index in [1.807, 2.05) is 11.8 Å². The number of rotatable bonds is 3. The quantitative estimate of drug-likeness (QED) is 0.834. The van der Waals surface area contributed by atoms with E-state index < -0.39 is 0 Å². The first kappa shape index (κ1) is 13.2. The fourth-order valence-electron chi connectivity index (χ4n) is 2.58. The molecule has 0 aromatic carbocycles. The molecule has 0 spiro atoms. The normalized spacial score (nSPS) is 29.9. The largest absolute Gasteiger partial charge is 0.341 e. The molecule has 0 aromatic heterocycles. The molecular formula is C13H24N2OS. The lowest BCUT2D eigenvalue weighted by atomic mass is 10.1. The number of thioether (sulfide) groups is 1. The molecule has 2 heterocycles. The molecule has 0 aromatic rings. The molecule has 0 bridgehead atoms. The average Bonchev–Trinajstić information content (AvgIpc) is 2.82. The number of hydrogen-bond acceptors (Lipinski definition) is 3. The highest BCUT2D eigenvalue weighted by atomic mass is 32.2. The molecule has 3 nitrogen and oxygen atoms in total. The van der Waals surface area contributed by atoms with E-state index in [1.54, 1.807) is 0 Å². The van der Waals surface area contributed by atoms with E-state index in [9.17, 15) is 4.79 Å². The molecule has 2 aliphatic heterocycles. The Hall–Kier alpha value is -0.220. The second-order valence-corrected chi connectivity index (χ2v) is 6.84. The van der Waals surface area contributed by atoms with Gasteiger partial charge in [-0.05, 0) is 25.3 Å². The fourth-order valence-corrected chi connectivity index (χ4v) is 3.87. The summed E-state index contributed by atoms with van der Waals surface area (Å²) in [6.45, 7) is 7.49. The van der Waals surface area contributed by atoms with Crippen LogP contribution in [-0.2, 0) is 4.79 Å². The SMILES string of the molecule is CC(C)C1CN(C(=O)CC2CCCN2)CCS1. The third-order valence-electron chi connectivity index (χ3n) is 3.77. The van der Waals surface area contributed by atoms with Crippen molar-refractivity contribution in [2.45, 2.75) is 44.4 Å². The summed E-state index contributed by atoms with van der Waals surface area (Å²) in [7, 11) is 0. The standard InChI is InChI=1S/C13H24N2OS/c1-10(2)12-9-15(6-7-17-12)13(16)8-11-4-3-5-14-11/h10-12,14H,3-9H2,1-2H3. The number of nitrogens with one attached hydrogen (secondary N) is 1. The van der Waals surface area contributed by atoms with Crippen LogP contribution in [0.2, 0.25) is 0 Å². The average molecular weight is 256 g/mol. The second-order valence-electron chi connectivity index (χ2n) is 5.49. The van der Waals surface area contributed by atoms with Crippen LogP contribution in [0, 0.1) is 5.92 Å². The van der Waals surface area contributed by atoms with Crippen LogP contribution in [0.15, 0.2) is 0 Å². The van der Waals surface area contributed by atoms with Crippen LogP contribution in [0.1, 0.15) is 33.1 Å². The minimum absolute atomic E-state index is 0.357. The van der Waals surface area contributed by atoms with Gasteiger partial charge in [0.2, 0.25) is 5.91 Å². The van der Waals surface area contributed by atoms with Gasteiger partial charge in [-0.15, -0.1) is 0 Å². The van der Waals surface area contributed by atoms with Gasteiger partial charge in [-0.3, -0.25) is 4.79 Å². The highest BCUT2D eigenvalue weighted by Crippen LogP contribution is 2.25. The Morgan fingerprint density at radius 1 is 1.53 bits per heavy atom. The van der Waals surface area contributed by atoms with Crippen molar-refractivity contribution < 1.29 is 4.79 Å². The van der Waals surface area contributed by atoms with Crippen molar-refractivity contribution in [3.63, 3.8) is 0 Å². The first-order valence-electron chi connectivity index (χ1n) is 6.79. The van der Waals surface area contributed by atoms with Gasteiger partial charge >= 0.3 is 0 Å². The first-order chi connectivity index (χ1) is 8.16. The van der Waals surface area contributed by atoms with Crippen LogP contribution in [0.25, 0.3) is 0 Å².